The third-order valence-corrected chi connectivity index (χ3v) is 11.6. The highest BCUT2D eigenvalue weighted by Crippen LogP contribution is 2.43. The monoisotopic (exact) mass is 697 g/mol. The van der Waals surface area contributed by atoms with Crippen molar-refractivity contribution in [3.8, 4) is 5.69 Å². The molecule has 1 aliphatic heterocycles. The van der Waals surface area contributed by atoms with Crippen LogP contribution >= 0.6 is 11.8 Å². The zero-order chi connectivity index (χ0) is 34.5. The molecule has 3 aromatic heterocycles. The zero-order valence-electron chi connectivity index (χ0n) is 27.0. The maximum atomic E-state index is 13.7. The number of rotatable bonds is 16. The van der Waals surface area contributed by atoms with Crippen molar-refractivity contribution >= 4 is 44.7 Å². The Morgan fingerprint density at radius 3 is 2.48 bits per heavy atom. The smallest absolute Gasteiger partial charge is 0.335 e. The quantitative estimate of drug-likeness (QED) is 0.171. The van der Waals surface area contributed by atoms with Crippen LogP contribution in [-0.2, 0) is 42.1 Å². The molecule has 1 aliphatic rings. The topological polar surface area (TPSA) is 163 Å². The molecule has 0 spiro atoms. The van der Waals surface area contributed by atoms with E-state index in [0.717, 1.165) is 4.31 Å². The molecule has 4 heterocycles. The number of Topliss-reactive ketones (excluding diaryl/α,β-unsaturated/α-hetero) is 1. The number of benzene rings is 1. The maximum absolute atomic E-state index is 13.7. The Hall–Kier alpha value is -3.89. The molecule has 0 bridgehead atoms. The van der Waals surface area contributed by atoms with Crippen LogP contribution in [0.15, 0.2) is 76.8 Å². The van der Waals surface area contributed by atoms with Crippen molar-refractivity contribution in [2.24, 2.45) is 5.92 Å². The van der Waals surface area contributed by atoms with Gasteiger partial charge in [0.05, 0.1) is 55.4 Å². The largest absolute Gasteiger partial charge is 0.481 e. The second-order valence-electron chi connectivity index (χ2n) is 11.9. The van der Waals surface area contributed by atoms with Gasteiger partial charge < -0.3 is 14.6 Å². The SMILES string of the molecule is CCOCCOCCn1c(=O)n(-c2ccc(C[C@H](CC(=O)[C@H]3N(S(=O)(=O)c4cccnc4)CSC3(C)C)C(=O)O)cc2)c2ncccc21. The minimum absolute atomic E-state index is 0.0285. The summed E-state index contributed by atoms with van der Waals surface area (Å²) in [6, 6.07) is 12.3. The molecule has 0 saturated carbocycles. The van der Waals surface area contributed by atoms with Crippen LogP contribution in [-0.4, -0.2) is 91.8 Å². The average molecular weight is 698 g/mol. The molecule has 0 amide bonds. The fourth-order valence-corrected chi connectivity index (χ4v) is 9.02. The van der Waals surface area contributed by atoms with Gasteiger partial charge in [-0.25, -0.2) is 22.8 Å². The number of ether oxygens (including phenoxy) is 2. The normalized spacial score (nSPS) is 17.1. The number of nitrogens with zero attached hydrogens (tertiary/aromatic N) is 5. The first-order valence-corrected chi connectivity index (χ1v) is 18.0. The third kappa shape index (κ3) is 7.55. The van der Waals surface area contributed by atoms with Gasteiger partial charge in [-0.15, -0.1) is 11.8 Å². The summed E-state index contributed by atoms with van der Waals surface area (Å²) in [6.07, 6.45) is 3.99. The molecule has 13 nitrogen and oxygen atoms in total. The van der Waals surface area contributed by atoms with E-state index in [4.69, 9.17) is 9.47 Å². The van der Waals surface area contributed by atoms with Gasteiger partial charge in [-0.05, 0) is 69.2 Å². The Morgan fingerprint density at radius 1 is 1.06 bits per heavy atom. The van der Waals surface area contributed by atoms with E-state index in [0.29, 0.717) is 55.4 Å². The number of aliphatic carboxylic acids is 1. The summed E-state index contributed by atoms with van der Waals surface area (Å²) in [5.41, 5.74) is 2.03. The van der Waals surface area contributed by atoms with E-state index in [2.05, 4.69) is 9.97 Å². The highest BCUT2D eigenvalue weighted by Gasteiger charge is 2.51. The second kappa shape index (κ2) is 15.1. The summed E-state index contributed by atoms with van der Waals surface area (Å²) in [7, 11) is -4.04. The Morgan fingerprint density at radius 2 is 1.79 bits per heavy atom. The lowest BCUT2D eigenvalue weighted by atomic mass is 9.89. The summed E-state index contributed by atoms with van der Waals surface area (Å²) >= 11 is 1.33. The van der Waals surface area contributed by atoms with E-state index >= 15 is 0 Å². The van der Waals surface area contributed by atoms with Crippen molar-refractivity contribution in [1.29, 1.82) is 0 Å². The number of carbonyl (C=O) groups is 2. The first-order chi connectivity index (χ1) is 23.0. The summed E-state index contributed by atoms with van der Waals surface area (Å²) in [5, 5.41) is 10.1. The Kier molecular flexibility index (Phi) is 11.2. The van der Waals surface area contributed by atoms with Crippen LogP contribution in [0.5, 0.6) is 0 Å². The molecule has 1 saturated heterocycles. The number of ketones is 1. The number of hydrogen-bond acceptors (Lipinski definition) is 10. The standard InChI is InChI=1S/C33H39N5O8S2/c1-4-45-17-18-46-16-15-36-27-8-6-14-35-30(27)38(32(36)42)25-11-9-23(10-12-25)19-24(31(40)41)20-28(39)29-33(2,3)47-22-37(29)48(43,44)26-7-5-13-34-21-26/h5-14,21,24,29H,4,15-20,22H2,1-3H3,(H,40,41)/t24-,29-/m1/s1. The van der Waals surface area contributed by atoms with Crippen molar-refractivity contribution in [2.75, 3.05) is 32.3 Å². The van der Waals surface area contributed by atoms with Gasteiger partial charge in [-0.2, -0.15) is 4.31 Å². The molecule has 48 heavy (non-hydrogen) atoms. The number of carboxylic acids is 1. The minimum atomic E-state index is -4.04. The molecule has 256 valence electrons. The van der Waals surface area contributed by atoms with Gasteiger partial charge in [0.15, 0.2) is 11.4 Å². The first kappa shape index (κ1) is 35.4. The van der Waals surface area contributed by atoms with E-state index in [1.807, 2.05) is 13.0 Å². The molecule has 15 heteroatoms. The maximum Gasteiger partial charge on any atom is 0.335 e. The Labute approximate surface area is 282 Å². The van der Waals surface area contributed by atoms with Crippen LogP contribution in [0.2, 0.25) is 0 Å². The predicted octanol–water partition coefficient (Wildman–Crippen LogP) is 3.38. The summed E-state index contributed by atoms with van der Waals surface area (Å²) in [4.78, 5) is 48.0. The summed E-state index contributed by atoms with van der Waals surface area (Å²) in [5.74, 6) is -2.66. The number of carbonyl (C=O) groups excluding carboxylic acids is 1. The molecule has 0 unspecified atom stereocenters. The van der Waals surface area contributed by atoms with Crippen molar-refractivity contribution in [2.45, 2.75) is 55.8 Å². The van der Waals surface area contributed by atoms with E-state index in [-0.39, 0.29) is 29.3 Å². The van der Waals surface area contributed by atoms with Crippen molar-refractivity contribution < 1.29 is 32.6 Å². The van der Waals surface area contributed by atoms with Crippen LogP contribution in [0.25, 0.3) is 16.9 Å². The molecule has 1 aromatic carbocycles. The highest BCUT2D eigenvalue weighted by atomic mass is 32.2. The lowest BCUT2D eigenvalue weighted by molar-refractivity contribution is -0.144. The minimum Gasteiger partial charge on any atom is -0.481 e. The van der Waals surface area contributed by atoms with E-state index in [1.165, 1.54) is 40.9 Å². The third-order valence-electron chi connectivity index (χ3n) is 8.26. The molecular weight excluding hydrogens is 659 g/mol. The molecule has 2 atom stereocenters. The average Bonchev–Trinajstić information content (AvgIpc) is 3.55. The summed E-state index contributed by atoms with van der Waals surface area (Å²) < 4.78 is 41.3. The number of imidazole rings is 1. The molecule has 0 aliphatic carbocycles. The van der Waals surface area contributed by atoms with Gasteiger partial charge in [-0.3, -0.25) is 19.1 Å². The van der Waals surface area contributed by atoms with Crippen molar-refractivity contribution in [3.63, 3.8) is 0 Å². The van der Waals surface area contributed by atoms with Gasteiger partial charge in [0, 0.05) is 36.4 Å². The highest BCUT2D eigenvalue weighted by molar-refractivity contribution is 8.02. The van der Waals surface area contributed by atoms with E-state index in [9.17, 15) is 27.9 Å². The zero-order valence-corrected chi connectivity index (χ0v) is 28.7. The number of thioether (sulfide) groups is 1. The number of aromatic nitrogens is 4. The Bertz CT molecular complexity index is 1910. The first-order valence-electron chi connectivity index (χ1n) is 15.6. The fourth-order valence-electron chi connectivity index (χ4n) is 5.84. The van der Waals surface area contributed by atoms with E-state index < -0.39 is 38.5 Å². The molecule has 0 radical (unpaired) electrons. The summed E-state index contributed by atoms with van der Waals surface area (Å²) in [6.45, 7) is 7.63. The van der Waals surface area contributed by atoms with E-state index in [1.54, 1.807) is 54.9 Å². The number of hydrogen-bond donors (Lipinski definition) is 1. The number of carboxylic acid groups (broad SMARTS) is 1. The van der Waals surface area contributed by atoms with Crippen molar-refractivity contribution in [3.05, 3.63) is 83.2 Å². The van der Waals surface area contributed by atoms with Gasteiger partial charge in [0.1, 0.15) is 4.90 Å². The van der Waals surface area contributed by atoms with Crippen molar-refractivity contribution in [1.82, 2.24) is 23.4 Å². The van der Waals surface area contributed by atoms with Gasteiger partial charge >= 0.3 is 11.7 Å². The van der Waals surface area contributed by atoms with Crippen LogP contribution in [0.3, 0.4) is 0 Å². The number of fused-ring (bicyclic) bond motifs is 1. The molecule has 4 aromatic rings. The second-order valence-corrected chi connectivity index (χ2v) is 15.4. The van der Waals surface area contributed by atoms with Crippen LogP contribution in [0.4, 0.5) is 0 Å². The lowest BCUT2D eigenvalue weighted by Crippen LogP contribution is -2.49. The Balaban J connectivity index is 1.32. The van der Waals surface area contributed by atoms with Gasteiger partial charge in [0.25, 0.3) is 0 Å². The van der Waals surface area contributed by atoms with Gasteiger partial charge in [0.2, 0.25) is 10.0 Å². The van der Waals surface area contributed by atoms with Crippen LogP contribution < -0.4 is 5.69 Å². The number of sulfonamides is 1. The van der Waals surface area contributed by atoms with Crippen LogP contribution in [0.1, 0.15) is 32.8 Å². The van der Waals surface area contributed by atoms with Gasteiger partial charge in [-0.1, -0.05) is 12.1 Å². The fraction of sp³-hybridized carbons (Fsp3) is 0.424. The molecule has 5 rings (SSSR count). The lowest BCUT2D eigenvalue weighted by Gasteiger charge is -2.30. The number of pyridine rings is 2. The van der Waals surface area contributed by atoms with Crippen LogP contribution in [0, 0.1) is 5.92 Å². The molecule has 1 fully saturated rings. The molecular formula is C33H39N5O8S2. The predicted molar refractivity (Wildman–Crippen MR) is 181 cm³/mol. The molecule has 1 N–H and O–H groups in total.